The molecule has 0 saturated heterocycles. The Morgan fingerprint density at radius 2 is 1.93 bits per heavy atom. The molecule has 0 aromatic heterocycles. The van der Waals surface area contributed by atoms with Gasteiger partial charge in [0.05, 0.1) is 19.1 Å². The molecule has 1 rings (SSSR count). The first-order chi connectivity index (χ1) is 7.31. The van der Waals surface area contributed by atoms with Gasteiger partial charge >= 0.3 is 0 Å². The van der Waals surface area contributed by atoms with Crippen molar-refractivity contribution in [1.29, 1.82) is 5.26 Å². The first-order valence-corrected chi connectivity index (χ1v) is 4.79. The third-order valence-corrected chi connectivity index (χ3v) is 2.24. The van der Waals surface area contributed by atoms with E-state index in [9.17, 15) is 0 Å². The smallest absolute Gasteiger partial charge is 0.105 e. The SMILES string of the molecule is COCC(OC)c1ccc(CC#N)cc1. The Hall–Kier alpha value is -1.37. The van der Waals surface area contributed by atoms with Crippen LogP contribution in [-0.2, 0) is 15.9 Å². The van der Waals surface area contributed by atoms with Gasteiger partial charge in [0.2, 0.25) is 0 Å². The minimum Gasteiger partial charge on any atom is -0.382 e. The van der Waals surface area contributed by atoms with E-state index in [2.05, 4.69) is 6.07 Å². The van der Waals surface area contributed by atoms with Crippen molar-refractivity contribution in [2.24, 2.45) is 0 Å². The largest absolute Gasteiger partial charge is 0.382 e. The van der Waals surface area contributed by atoms with E-state index >= 15 is 0 Å². The third kappa shape index (κ3) is 3.35. The summed E-state index contributed by atoms with van der Waals surface area (Å²) in [6.07, 6.45) is 0.411. The first kappa shape index (κ1) is 11.7. The lowest BCUT2D eigenvalue weighted by Crippen LogP contribution is -2.08. The Morgan fingerprint density at radius 3 is 2.40 bits per heavy atom. The van der Waals surface area contributed by atoms with Crippen molar-refractivity contribution in [3.8, 4) is 6.07 Å². The van der Waals surface area contributed by atoms with Crippen molar-refractivity contribution in [3.05, 3.63) is 35.4 Å². The van der Waals surface area contributed by atoms with Crippen LogP contribution in [-0.4, -0.2) is 20.8 Å². The second kappa shape index (κ2) is 6.18. The van der Waals surface area contributed by atoms with Crippen LogP contribution in [0.2, 0.25) is 0 Å². The van der Waals surface area contributed by atoms with Crippen molar-refractivity contribution >= 4 is 0 Å². The molecule has 0 heterocycles. The maximum absolute atomic E-state index is 8.53. The summed E-state index contributed by atoms with van der Waals surface area (Å²) >= 11 is 0. The van der Waals surface area contributed by atoms with Crippen LogP contribution in [0.5, 0.6) is 0 Å². The van der Waals surface area contributed by atoms with Gasteiger partial charge in [-0.1, -0.05) is 24.3 Å². The number of ether oxygens (including phenoxy) is 2. The van der Waals surface area contributed by atoms with E-state index in [1.807, 2.05) is 24.3 Å². The van der Waals surface area contributed by atoms with Gasteiger partial charge in [-0.3, -0.25) is 0 Å². The van der Waals surface area contributed by atoms with Gasteiger partial charge in [0.25, 0.3) is 0 Å². The number of benzene rings is 1. The average molecular weight is 205 g/mol. The summed E-state index contributed by atoms with van der Waals surface area (Å²) in [6, 6.07) is 9.95. The summed E-state index contributed by atoms with van der Waals surface area (Å²) in [5, 5.41) is 8.53. The molecule has 0 radical (unpaired) electrons. The van der Waals surface area contributed by atoms with Gasteiger partial charge in [-0.2, -0.15) is 5.26 Å². The molecule has 80 valence electrons. The number of nitrogens with zero attached hydrogens (tertiary/aromatic N) is 1. The first-order valence-electron chi connectivity index (χ1n) is 4.79. The van der Waals surface area contributed by atoms with Crippen LogP contribution < -0.4 is 0 Å². The fraction of sp³-hybridized carbons (Fsp3) is 0.417. The topological polar surface area (TPSA) is 42.2 Å². The highest BCUT2D eigenvalue weighted by atomic mass is 16.5. The summed E-state index contributed by atoms with van der Waals surface area (Å²) in [7, 11) is 3.31. The molecule has 0 N–H and O–H groups in total. The highest BCUT2D eigenvalue weighted by molar-refractivity contribution is 5.26. The third-order valence-electron chi connectivity index (χ3n) is 2.24. The van der Waals surface area contributed by atoms with Crippen molar-refractivity contribution in [3.63, 3.8) is 0 Å². The predicted octanol–water partition coefficient (Wildman–Crippen LogP) is 2.09. The average Bonchev–Trinajstić information content (AvgIpc) is 2.28. The summed E-state index contributed by atoms with van der Waals surface area (Å²) in [6.45, 7) is 0.536. The van der Waals surface area contributed by atoms with Gasteiger partial charge in [0.1, 0.15) is 6.10 Å². The lowest BCUT2D eigenvalue weighted by molar-refractivity contribution is 0.0275. The molecule has 0 saturated carbocycles. The minimum absolute atomic E-state index is 0.0360. The van der Waals surface area contributed by atoms with Gasteiger partial charge in [0, 0.05) is 14.2 Å². The molecule has 0 fully saturated rings. The monoisotopic (exact) mass is 205 g/mol. The summed E-state index contributed by atoms with van der Waals surface area (Å²) in [5.74, 6) is 0. The number of hydrogen-bond acceptors (Lipinski definition) is 3. The molecule has 0 aliphatic rings. The molecule has 1 aromatic carbocycles. The summed E-state index contributed by atoms with van der Waals surface area (Å²) in [4.78, 5) is 0. The van der Waals surface area contributed by atoms with Crippen LogP contribution >= 0.6 is 0 Å². The van der Waals surface area contributed by atoms with E-state index < -0.39 is 0 Å². The van der Waals surface area contributed by atoms with Crippen molar-refractivity contribution in [2.45, 2.75) is 12.5 Å². The predicted molar refractivity (Wildman–Crippen MR) is 57.4 cm³/mol. The number of methoxy groups -OCH3 is 2. The lowest BCUT2D eigenvalue weighted by atomic mass is 10.1. The van der Waals surface area contributed by atoms with Gasteiger partial charge in [-0.15, -0.1) is 0 Å². The number of hydrogen-bond donors (Lipinski definition) is 0. The standard InChI is InChI=1S/C12H15NO2/c1-14-9-12(15-2)11-5-3-10(4-6-11)7-8-13/h3-6,12H,7,9H2,1-2H3. The Balaban J connectivity index is 2.73. The van der Waals surface area contributed by atoms with E-state index in [1.165, 1.54) is 0 Å². The van der Waals surface area contributed by atoms with E-state index in [-0.39, 0.29) is 6.10 Å². The lowest BCUT2D eigenvalue weighted by Gasteiger charge is -2.14. The Bertz CT molecular complexity index is 326. The highest BCUT2D eigenvalue weighted by Crippen LogP contribution is 2.17. The van der Waals surface area contributed by atoms with E-state index in [0.29, 0.717) is 13.0 Å². The molecular formula is C12H15NO2. The zero-order chi connectivity index (χ0) is 11.1. The summed E-state index contributed by atoms with van der Waals surface area (Å²) in [5.41, 5.74) is 2.09. The Labute approximate surface area is 90.2 Å². The molecule has 0 aliphatic carbocycles. The summed E-state index contributed by atoms with van der Waals surface area (Å²) < 4.78 is 10.3. The van der Waals surface area contributed by atoms with Crippen LogP contribution in [0.25, 0.3) is 0 Å². The normalized spacial score (nSPS) is 12.1. The Kier molecular flexibility index (Phi) is 4.82. The molecule has 0 amide bonds. The van der Waals surface area contributed by atoms with Gasteiger partial charge in [-0.05, 0) is 11.1 Å². The van der Waals surface area contributed by atoms with Crippen LogP contribution in [0.4, 0.5) is 0 Å². The number of nitriles is 1. The molecule has 1 unspecified atom stereocenters. The number of rotatable bonds is 5. The molecule has 15 heavy (non-hydrogen) atoms. The van der Waals surface area contributed by atoms with E-state index in [0.717, 1.165) is 11.1 Å². The quantitative estimate of drug-likeness (QED) is 0.739. The van der Waals surface area contributed by atoms with Crippen LogP contribution in [0.1, 0.15) is 17.2 Å². The van der Waals surface area contributed by atoms with Gasteiger partial charge < -0.3 is 9.47 Å². The van der Waals surface area contributed by atoms with Crippen LogP contribution in [0, 0.1) is 11.3 Å². The second-order valence-electron chi connectivity index (χ2n) is 3.26. The fourth-order valence-corrected chi connectivity index (χ4v) is 1.39. The zero-order valence-electron chi connectivity index (χ0n) is 9.06. The second-order valence-corrected chi connectivity index (χ2v) is 3.26. The fourth-order valence-electron chi connectivity index (χ4n) is 1.39. The molecule has 0 bridgehead atoms. The molecule has 1 aromatic rings. The highest BCUT2D eigenvalue weighted by Gasteiger charge is 2.09. The van der Waals surface area contributed by atoms with Gasteiger partial charge in [0.15, 0.2) is 0 Å². The molecule has 0 spiro atoms. The van der Waals surface area contributed by atoms with Crippen molar-refractivity contribution in [2.75, 3.05) is 20.8 Å². The maximum Gasteiger partial charge on any atom is 0.105 e. The zero-order valence-corrected chi connectivity index (χ0v) is 9.06. The van der Waals surface area contributed by atoms with Crippen molar-refractivity contribution < 1.29 is 9.47 Å². The van der Waals surface area contributed by atoms with Crippen molar-refractivity contribution in [1.82, 2.24) is 0 Å². The van der Waals surface area contributed by atoms with Crippen LogP contribution in [0.15, 0.2) is 24.3 Å². The molecule has 1 atom stereocenters. The molecule has 3 nitrogen and oxygen atoms in total. The van der Waals surface area contributed by atoms with Crippen LogP contribution in [0.3, 0.4) is 0 Å². The molecule has 3 heteroatoms. The molecule has 0 aliphatic heterocycles. The molecular weight excluding hydrogens is 190 g/mol. The van der Waals surface area contributed by atoms with E-state index in [4.69, 9.17) is 14.7 Å². The Morgan fingerprint density at radius 1 is 1.27 bits per heavy atom. The van der Waals surface area contributed by atoms with Gasteiger partial charge in [-0.25, -0.2) is 0 Å². The van der Waals surface area contributed by atoms with E-state index in [1.54, 1.807) is 14.2 Å². The minimum atomic E-state index is -0.0360. The maximum atomic E-state index is 8.53.